The van der Waals surface area contributed by atoms with E-state index in [1.54, 1.807) is 0 Å². The lowest BCUT2D eigenvalue weighted by Gasteiger charge is -2.13. The predicted molar refractivity (Wildman–Crippen MR) is 68.0 cm³/mol. The minimum Gasteiger partial charge on any atom is -0.493 e. The number of carbonyl (C=O) groups is 1. The fourth-order valence-corrected chi connectivity index (χ4v) is 1.52. The Kier molecular flexibility index (Phi) is 5.53. The van der Waals surface area contributed by atoms with Crippen LogP contribution in [0.5, 0.6) is 11.5 Å². The van der Waals surface area contributed by atoms with Gasteiger partial charge < -0.3 is 9.47 Å². The number of ether oxygens (including phenoxy) is 2. The average Bonchev–Trinajstić information content (AvgIpc) is 2.33. The van der Waals surface area contributed by atoms with Crippen molar-refractivity contribution in [2.24, 2.45) is 0 Å². The summed E-state index contributed by atoms with van der Waals surface area (Å²) in [6.07, 6.45) is 1.83. The van der Waals surface area contributed by atoms with E-state index in [1.165, 1.54) is 6.92 Å². The Hall–Kier alpha value is -1.51. The normalized spacial score (nSPS) is 10.1. The molecule has 0 saturated carbocycles. The fraction of sp³-hybridized carbons (Fsp3) is 0.500. The van der Waals surface area contributed by atoms with Gasteiger partial charge in [-0.2, -0.15) is 0 Å². The number of carbonyl (C=O) groups excluding carboxylic acids is 1. The third kappa shape index (κ3) is 3.77. The zero-order valence-corrected chi connectivity index (χ0v) is 10.8. The van der Waals surface area contributed by atoms with Crippen LogP contribution in [0, 0.1) is 0 Å². The summed E-state index contributed by atoms with van der Waals surface area (Å²) in [6.45, 7) is 6.82. The molecule has 0 spiro atoms. The molecule has 0 N–H and O–H groups in total. The molecule has 0 unspecified atom stereocenters. The maximum atomic E-state index is 11.7. The smallest absolute Gasteiger partial charge is 0.167 e. The Morgan fingerprint density at radius 2 is 1.53 bits per heavy atom. The lowest BCUT2D eigenvalue weighted by molar-refractivity contribution is 0.100. The van der Waals surface area contributed by atoms with Crippen molar-refractivity contribution >= 4 is 5.78 Å². The predicted octanol–water partition coefficient (Wildman–Crippen LogP) is 3.47. The third-order valence-electron chi connectivity index (χ3n) is 2.26. The van der Waals surface area contributed by atoms with Crippen LogP contribution in [0.2, 0.25) is 0 Å². The second kappa shape index (κ2) is 6.94. The van der Waals surface area contributed by atoms with Gasteiger partial charge in [0.15, 0.2) is 5.78 Å². The van der Waals surface area contributed by atoms with Gasteiger partial charge in [-0.25, -0.2) is 0 Å². The van der Waals surface area contributed by atoms with E-state index in [0.717, 1.165) is 12.8 Å². The molecule has 3 heteroatoms. The summed E-state index contributed by atoms with van der Waals surface area (Å²) in [4.78, 5) is 11.7. The number of hydrogen-bond acceptors (Lipinski definition) is 3. The molecule has 0 atom stereocenters. The Labute approximate surface area is 103 Å². The van der Waals surface area contributed by atoms with Gasteiger partial charge in [-0.05, 0) is 31.9 Å². The van der Waals surface area contributed by atoms with Crippen molar-refractivity contribution in [3.05, 3.63) is 23.8 Å². The Morgan fingerprint density at radius 1 is 1.06 bits per heavy atom. The van der Waals surface area contributed by atoms with E-state index in [0.29, 0.717) is 30.3 Å². The summed E-state index contributed by atoms with van der Waals surface area (Å²) in [5.74, 6) is 1.21. The molecule has 0 aliphatic carbocycles. The quantitative estimate of drug-likeness (QED) is 0.680. The van der Waals surface area contributed by atoms with Crippen molar-refractivity contribution in [2.75, 3.05) is 13.2 Å². The van der Waals surface area contributed by atoms with Crippen molar-refractivity contribution in [3.8, 4) is 11.5 Å². The summed E-state index contributed by atoms with van der Waals surface area (Å²) < 4.78 is 11.1. The van der Waals surface area contributed by atoms with Crippen LogP contribution in [0.3, 0.4) is 0 Å². The summed E-state index contributed by atoms with van der Waals surface area (Å²) in [5, 5.41) is 0. The maximum Gasteiger partial charge on any atom is 0.167 e. The molecule has 1 aromatic carbocycles. The molecular formula is C14H20O3. The first kappa shape index (κ1) is 13.6. The van der Waals surface area contributed by atoms with Gasteiger partial charge in [0.2, 0.25) is 0 Å². The van der Waals surface area contributed by atoms with Crippen molar-refractivity contribution < 1.29 is 14.3 Å². The SMILES string of the molecule is CCCOc1cccc(OCCC)c1C(C)=O. The molecule has 0 aromatic heterocycles. The van der Waals surface area contributed by atoms with Gasteiger partial charge in [0.05, 0.1) is 13.2 Å². The van der Waals surface area contributed by atoms with Crippen LogP contribution in [0.25, 0.3) is 0 Å². The van der Waals surface area contributed by atoms with Crippen molar-refractivity contribution in [1.82, 2.24) is 0 Å². The second-order valence-electron chi connectivity index (χ2n) is 3.88. The topological polar surface area (TPSA) is 35.5 Å². The number of benzene rings is 1. The van der Waals surface area contributed by atoms with Gasteiger partial charge in [-0.1, -0.05) is 19.9 Å². The summed E-state index contributed by atoms with van der Waals surface area (Å²) in [6, 6.07) is 5.47. The van der Waals surface area contributed by atoms with E-state index < -0.39 is 0 Å². The number of rotatable bonds is 7. The molecule has 1 aromatic rings. The molecule has 0 heterocycles. The van der Waals surface area contributed by atoms with Gasteiger partial charge in [0.1, 0.15) is 17.1 Å². The van der Waals surface area contributed by atoms with Crippen molar-refractivity contribution in [1.29, 1.82) is 0 Å². The van der Waals surface area contributed by atoms with Crippen LogP contribution in [0.4, 0.5) is 0 Å². The summed E-state index contributed by atoms with van der Waals surface area (Å²) >= 11 is 0. The molecule has 0 fully saturated rings. The van der Waals surface area contributed by atoms with Crippen LogP contribution in [-0.4, -0.2) is 19.0 Å². The molecule has 94 valence electrons. The second-order valence-corrected chi connectivity index (χ2v) is 3.88. The Bertz CT molecular complexity index is 345. The highest BCUT2D eigenvalue weighted by atomic mass is 16.5. The summed E-state index contributed by atoms with van der Waals surface area (Å²) in [5.41, 5.74) is 0.550. The van der Waals surface area contributed by atoms with E-state index in [1.807, 2.05) is 32.0 Å². The molecule has 0 bridgehead atoms. The van der Waals surface area contributed by atoms with Crippen LogP contribution >= 0.6 is 0 Å². The molecule has 0 radical (unpaired) electrons. The standard InChI is InChI=1S/C14H20O3/c1-4-9-16-12-7-6-8-13(17-10-5-2)14(12)11(3)15/h6-8H,4-5,9-10H2,1-3H3. The molecule has 0 saturated heterocycles. The van der Waals surface area contributed by atoms with E-state index in [4.69, 9.17) is 9.47 Å². The molecular weight excluding hydrogens is 216 g/mol. The zero-order chi connectivity index (χ0) is 12.7. The number of hydrogen-bond donors (Lipinski definition) is 0. The summed E-state index contributed by atoms with van der Waals surface area (Å²) in [7, 11) is 0. The first-order valence-electron chi connectivity index (χ1n) is 6.10. The first-order valence-corrected chi connectivity index (χ1v) is 6.10. The Morgan fingerprint density at radius 3 is 1.88 bits per heavy atom. The van der Waals surface area contributed by atoms with Crippen molar-refractivity contribution in [3.63, 3.8) is 0 Å². The van der Waals surface area contributed by atoms with E-state index in [2.05, 4.69) is 0 Å². The lowest BCUT2D eigenvalue weighted by Crippen LogP contribution is -2.06. The van der Waals surface area contributed by atoms with Crippen LogP contribution < -0.4 is 9.47 Å². The molecule has 0 aliphatic heterocycles. The minimum atomic E-state index is -0.0252. The molecule has 1 rings (SSSR count). The van der Waals surface area contributed by atoms with Crippen LogP contribution in [0.15, 0.2) is 18.2 Å². The van der Waals surface area contributed by atoms with Gasteiger partial charge in [0.25, 0.3) is 0 Å². The highest BCUT2D eigenvalue weighted by Crippen LogP contribution is 2.29. The molecule has 0 amide bonds. The maximum absolute atomic E-state index is 11.7. The molecule has 0 aliphatic rings. The van der Waals surface area contributed by atoms with E-state index in [-0.39, 0.29) is 5.78 Å². The Balaban J connectivity index is 2.99. The van der Waals surface area contributed by atoms with Gasteiger partial charge in [0, 0.05) is 0 Å². The average molecular weight is 236 g/mol. The third-order valence-corrected chi connectivity index (χ3v) is 2.26. The van der Waals surface area contributed by atoms with Crippen molar-refractivity contribution in [2.45, 2.75) is 33.6 Å². The van der Waals surface area contributed by atoms with E-state index in [9.17, 15) is 4.79 Å². The highest BCUT2D eigenvalue weighted by molar-refractivity contribution is 5.99. The number of Topliss-reactive ketones (excluding diaryl/α,β-unsaturated/α-hetero) is 1. The van der Waals surface area contributed by atoms with Gasteiger partial charge in [-0.3, -0.25) is 4.79 Å². The van der Waals surface area contributed by atoms with Gasteiger partial charge in [-0.15, -0.1) is 0 Å². The first-order chi connectivity index (χ1) is 8.20. The molecule has 3 nitrogen and oxygen atoms in total. The van der Waals surface area contributed by atoms with Gasteiger partial charge >= 0.3 is 0 Å². The minimum absolute atomic E-state index is 0.0252. The fourth-order valence-electron chi connectivity index (χ4n) is 1.52. The van der Waals surface area contributed by atoms with E-state index >= 15 is 0 Å². The van der Waals surface area contributed by atoms with Crippen LogP contribution in [-0.2, 0) is 0 Å². The molecule has 17 heavy (non-hydrogen) atoms. The lowest BCUT2D eigenvalue weighted by atomic mass is 10.1. The zero-order valence-electron chi connectivity index (χ0n) is 10.8. The number of ketones is 1. The van der Waals surface area contributed by atoms with Crippen LogP contribution in [0.1, 0.15) is 44.0 Å². The monoisotopic (exact) mass is 236 g/mol. The highest BCUT2D eigenvalue weighted by Gasteiger charge is 2.14. The largest absolute Gasteiger partial charge is 0.493 e.